The summed E-state index contributed by atoms with van der Waals surface area (Å²) in [6, 6.07) is 17.7. The summed E-state index contributed by atoms with van der Waals surface area (Å²) in [5.41, 5.74) is 1.99. The van der Waals surface area contributed by atoms with E-state index in [1.165, 1.54) is 5.56 Å². The Morgan fingerprint density at radius 3 is 1.87 bits per heavy atom. The molecular formula is C20H26O3. The predicted molar refractivity (Wildman–Crippen MR) is 92.9 cm³/mol. The first-order valence-corrected chi connectivity index (χ1v) is 8.05. The molecule has 23 heavy (non-hydrogen) atoms. The van der Waals surface area contributed by atoms with Gasteiger partial charge in [0, 0.05) is 11.0 Å². The Kier molecular flexibility index (Phi) is 6.20. The molecule has 0 amide bonds. The zero-order valence-electron chi connectivity index (χ0n) is 14.2. The number of phenols is 1. The Morgan fingerprint density at radius 2 is 1.43 bits per heavy atom. The van der Waals surface area contributed by atoms with Gasteiger partial charge in [0.05, 0.1) is 25.9 Å². The van der Waals surface area contributed by atoms with E-state index >= 15 is 0 Å². The Morgan fingerprint density at radius 1 is 0.957 bits per heavy atom. The number of epoxide rings is 2. The van der Waals surface area contributed by atoms with E-state index in [9.17, 15) is 5.11 Å². The maximum Gasteiger partial charge on any atom is 0.119 e. The van der Waals surface area contributed by atoms with Crippen LogP contribution in [0.15, 0.2) is 54.6 Å². The third kappa shape index (κ3) is 6.05. The van der Waals surface area contributed by atoms with Gasteiger partial charge < -0.3 is 14.6 Å². The maximum atomic E-state index is 9.91. The molecule has 3 nitrogen and oxygen atoms in total. The largest absolute Gasteiger partial charge is 0.508 e. The van der Waals surface area contributed by atoms with Crippen LogP contribution in [0.2, 0.25) is 0 Å². The molecule has 1 N–H and O–H groups in total. The van der Waals surface area contributed by atoms with E-state index in [0.29, 0.717) is 11.9 Å². The number of rotatable bonds is 2. The molecule has 2 aromatic rings. The quantitative estimate of drug-likeness (QED) is 0.847. The van der Waals surface area contributed by atoms with Crippen LogP contribution < -0.4 is 0 Å². The number of para-hydroxylation sites is 1. The number of ether oxygens (including phenoxy) is 2. The lowest BCUT2D eigenvalue weighted by Crippen LogP contribution is -2.18. The van der Waals surface area contributed by atoms with Gasteiger partial charge in [0.15, 0.2) is 0 Å². The SMILES string of the molecule is C1CO1.CC(C)(c1ccccc1)c1ccccc1O.CC1CO1. The Labute approximate surface area is 138 Å². The number of aromatic hydroxyl groups is 1. The van der Waals surface area contributed by atoms with Gasteiger partial charge in [0.2, 0.25) is 0 Å². The van der Waals surface area contributed by atoms with Crippen molar-refractivity contribution < 1.29 is 14.6 Å². The Balaban J connectivity index is 0.000000223. The van der Waals surface area contributed by atoms with Crippen LogP contribution in [0.4, 0.5) is 0 Å². The Bertz CT molecular complexity index is 584. The van der Waals surface area contributed by atoms with Crippen LogP contribution in [0.5, 0.6) is 5.75 Å². The normalized spacial score (nSPS) is 18.0. The lowest BCUT2D eigenvalue weighted by molar-refractivity contribution is 0.423. The third-order valence-corrected chi connectivity index (χ3v) is 3.78. The van der Waals surface area contributed by atoms with Crippen LogP contribution in [-0.2, 0) is 14.9 Å². The van der Waals surface area contributed by atoms with Crippen LogP contribution in [0.1, 0.15) is 31.9 Å². The average Bonchev–Trinajstić information content (AvgIpc) is 3.44. The van der Waals surface area contributed by atoms with E-state index in [0.717, 1.165) is 25.4 Å². The van der Waals surface area contributed by atoms with Gasteiger partial charge in [-0.15, -0.1) is 0 Å². The summed E-state index contributed by atoms with van der Waals surface area (Å²) in [4.78, 5) is 0. The van der Waals surface area contributed by atoms with Gasteiger partial charge in [-0.1, -0.05) is 62.4 Å². The fraction of sp³-hybridized carbons (Fsp3) is 0.400. The highest BCUT2D eigenvalue weighted by Crippen LogP contribution is 2.36. The topological polar surface area (TPSA) is 45.3 Å². The fourth-order valence-electron chi connectivity index (χ4n) is 2.11. The number of benzene rings is 2. The van der Waals surface area contributed by atoms with Crippen LogP contribution in [0, 0.1) is 0 Å². The molecule has 0 aromatic heterocycles. The van der Waals surface area contributed by atoms with E-state index in [1.54, 1.807) is 6.07 Å². The molecule has 0 spiro atoms. The van der Waals surface area contributed by atoms with Gasteiger partial charge in [-0.25, -0.2) is 0 Å². The van der Waals surface area contributed by atoms with Crippen molar-refractivity contribution in [2.45, 2.75) is 32.3 Å². The first kappa shape index (κ1) is 17.5. The molecule has 0 saturated carbocycles. The first-order chi connectivity index (χ1) is 11.0. The van der Waals surface area contributed by atoms with E-state index in [1.807, 2.05) is 36.4 Å². The molecule has 0 aliphatic carbocycles. The smallest absolute Gasteiger partial charge is 0.119 e. The highest BCUT2D eigenvalue weighted by Gasteiger charge is 2.25. The average molecular weight is 314 g/mol. The first-order valence-electron chi connectivity index (χ1n) is 8.05. The van der Waals surface area contributed by atoms with E-state index < -0.39 is 0 Å². The molecule has 124 valence electrons. The van der Waals surface area contributed by atoms with Crippen molar-refractivity contribution in [1.82, 2.24) is 0 Å². The monoisotopic (exact) mass is 314 g/mol. The Hall–Kier alpha value is -1.84. The zero-order chi connectivity index (χ0) is 16.7. The lowest BCUT2D eigenvalue weighted by Gasteiger charge is -2.26. The minimum atomic E-state index is -0.174. The number of hydrogen-bond acceptors (Lipinski definition) is 3. The second kappa shape index (κ2) is 8.14. The molecular weight excluding hydrogens is 288 g/mol. The third-order valence-electron chi connectivity index (χ3n) is 3.78. The second-order valence-corrected chi connectivity index (χ2v) is 6.26. The zero-order valence-corrected chi connectivity index (χ0v) is 14.2. The minimum absolute atomic E-state index is 0.174. The molecule has 2 fully saturated rings. The second-order valence-electron chi connectivity index (χ2n) is 6.26. The van der Waals surface area contributed by atoms with Crippen molar-refractivity contribution in [3.8, 4) is 5.75 Å². The van der Waals surface area contributed by atoms with Crippen molar-refractivity contribution in [2.24, 2.45) is 0 Å². The molecule has 2 aromatic carbocycles. The van der Waals surface area contributed by atoms with Gasteiger partial charge in [-0.2, -0.15) is 0 Å². The summed E-state index contributed by atoms with van der Waals surface area (Å²) < 4.78 is 9.21. The molecule has 2 aliphatic heterocycles. The molecule has 0 bridgehead atoms. The van der Waals surface area contributed by atoms with Crippen LogP contribution in [-0.4, -0.2) is 31.0 Å². The van der Waals surface area contributed by atoms with Crippen molar-refractivity contribution >= 4 is 0 Å². The molecule has 2 aliphatic rings. The van der Waals surface area contributed by atoms with E-state index in [2.05, 4.69) is 37.6 Å². The minimum Gasteiger partial charge on any atom is -0.508 e. The van der Waals surface area contributed by atoms with Crippen molar-refractivity contribution in [1.29, 1.82) is 0 Å². The van der Waals surface area contributed by atoms with Gasteiger partial charge >= 0.3 is 0 Å². The fourth-order valence-corrected chi connectivity index (χ4v) is 2.11. The molecule has 1 unspecified atom stereocenters. The summed E-state index contributed by atoms with van der Waals surface area (Å²) in [5, 5.41) is 9.91. The molecule has 4 rings (SSSR count). The highest BCUT2D eigenvalue weighted by atomic mass is 16.6. The van der Waals surface area contributed by atoms with E-state index in [-0.39, 0.29) is 5.41 Å². The van der Waals surface area contributed by atoms with Crippen LogP contribution in [0.25, 0.3) is 0 Å². The predicted octanol–water partition coefficient (Wildman–Crippen LogP) is 4.14. The van der Waals surface area contributed by atoms with Gasteiger partial charge in [0.25, 0.3) is 0 Å². The van der Waals surface area contributed by atoms with Crippen molar-refractivity contribution in [3.63, 3.8) is 0 Å². The molecule has 2 saturated heterocycles. The standard InChI is InChI=1S/C15H16O.C3H6O.C2H4O/c1-15(2,12-8-4-3-5-9-12)13-10-6-7-11-14(13)16;1-3-2-4-3;1-2-3-1/h3-11,16H,1-2H3;3H,2H2,1H3;1-2H2. The molecule has 2 heterocycles. The van der Waals surface area contributed by atoms with Crippen LogP contribution in [0.3, 0.4) is 0 Å². The summed E-state index contributed by atoms with van der Waals surface area (Å²) in [6.07, 6.45) is 0.583. The lowest BCUT2D eigenvalue weighted by atomic mass is 9.78. The van der Waals surface area contributed by atoms with Gasteiger partial charge in [-0.3, -0.25) is 0 Å². The number of phenolic OH excluding ortho intramolecular Hbond substituents is 1. The van der Waals surface area contributed by atoms with E-state index in [4.69, 9.17) is 4.74 Å². The maximum absolute atomic E-state index is 9.91. The van der Waals surface area contributed by atoms with Crippen molar-refractivity contribution in [2.75, 3.05) is 19.8 Å². The highest BCUT2D eigenvalue weighted by molar-refractivity contribution is 5.44. The molecule has 0 radical (unpaired) electrons. The molecule has 3 heteroatoms. The summed E-state index contributed by atoms with van der Waals surface area (Å²) in [6.45, 7) is 9.29. The summed E-state index contributed by atoms with van der Waals surface area (Å²) in [5.74, 6) is 0.358. The van der Waals surface area contributed by atoms with Gasteiger partial charge in [-0.05, 0) is 18.6 Å². The van der Waals surface area contributed by atoms with Crippen molar-refractivity contribution in [3.05, 3.63) is 65.7 Å². The number of hydrogen-bond donors (Lipinski definition) is 1. The van der Waals surface area contributed by atoms with Crippen LogP contribution >= 0.6 is 0 Å². The molecule has 1 atom stereocenters. The summed E-state index contributed by atoms with van der Waals surface area (Å²) in [7, 11) is 0. The summed E-state index contributed by atoms with van der Waals surface area (Å²) >= 11 is 0. The van der Waals surface area contributed by atoms with Gasteiger partial charge in [0.1, 0.15) is 5.75 Å².